The number of aliphatic hydroxyl groups is 1. The zero-order valence-corrected chi connectivity index (χ0v) is 20.1. The molecule has 0 radical (unpaired) electrons. The third kappa shape index (κ3) is 6.84. The normalized spacial score (nSPS) is 14.6. The molecule has 0 spiro atoms. The Bertz CT molecular complexity index is 845. The number of hydrogen-bond acceptors (Lipinski definition) is 4. The summed E-state index contributed by atoms with van der Waals surface area (Å²) in [5.74, 6) is 0.507. The Morgan fingerprint density at radius 1 is 1.28 bits per heavy atom. The van der Waals surface area contributed by atoms with Gasteiger partial charge in [0.15, 0.2) is 5.96 Å². The number of aliphatic hydroxyl groups excluding tert-OH is 1. The van der Waals surface area contributed by atoms with Crippen LogP contribution in [-0.4, -0.2) is 48.1 Å². The van der Waals surface area contributed by atoms with Crippen LogP contribution in [0.25, 0.3) is 0 Å². The summed E-state index contributed by atoms with van der Waals surface area (Å²) in [5.41, 5.74) is 2.52. The Kier molecular flexibility index (Phi) is 9.67. The van der Waals surface area contributed by atoms with Gasteiger partial charge in [-0.25, -0.2) is 4.99 Å². The number of thiophene rings is 1. The van der Waals surface area contributed by atoms with Gasteiger partial charge in [-0.05, 0) is 36.6 Å². The van der Waals surface area contributed by atoms with Crippen molar-refractivity contribution in [2.75, 3.05) is 26.2 Å². The Hall–Kier alpha value is -1.36. The lowest BCUT2D eigenvalue weighted by Crippen LogP contribution is -2.41. The second-order valence-electron chi connectivity index (χ2n) is 6.57. The molecule has 3 N–H and O–H groups in total. The van der Waals surface area contributed by atoms with E-state index in [1.807, 2.05) is 24.0 Å². The van der Waals surface area contributed by atoms with E-state index in [2.05, 4.69) is 27.8 Å². The highest BCUT2D eigenvalue weighted by molar-refractivity contribution is 14.0. The molecule has 6 nitrogen and oxygen atoms in total. The number of amides is 1. The summed E-state index contributed by atoms with van der Waals surface area (Å²) in [4.78, 5) is 19.6. The van der Waals surface area contributed by atoms with E-state index in [0.29, 0.717) is 29.9 Å². The molecule has 0 aliphatic carbocycles. The molecule has 29 heavy (non-hydrogen) atoms. The van der Waals surface area contributed by atoms with Crippen molar-refractivity contribution in [1.82, 2.24) is 15.5 Å². The maximum atomic E-state index is 12.6. The van der Waals surface area contributed by atoms with E-state index < -0.39 is 6.10 Å². The van der Waals surface area contributed by atoms with Gasteiger partial charge in [-0.2, -0.15) is 0 Å². The van der Waals surface area contributed by atoms with Crippen molar-refractivity contribution >= 4 is 58.8 Å². The molecule has 1 aromatic heterocycles. The third-order valence-corrected chi connectivity index (χ3v) is 5.92. The molecule has 1 unspecified atom stereocenters. The van der Waals surface area contributed by atoms with Crippen molar-refractivity contribution in [3.05, 3.63) is 56.7 Å². The lowest BCUT2D eigenvalue weighted by Gasteiger charge is -2.28. The van der Waals surface area contributed by atoms with Crippen LogP contribution in [0.4, 0.5) is 0 Å². The summed E-state index contributed by atoms with van der Waals surface area (Å²) in [7, 11) is 0. The number of nitrogens with one attached hydrogen (secondary N) is 2. The van der Waals surface area contributed by atoms with Gasteiger partial charge >= 0.3 is 0 Å². The van der Waals surface area contributed by atoms with Gasteiger partial charge in [0.2, 0.25) is 5.91 Å². The number of nitrogens with zero attached hydrogens (tertiary/aromatic N) is 2. The number of carbonyl (C=O) groups excluding carboxylic acids is 1. The quantitative estimate of drug-likeness (QED) is 0.294. The number of guanidine groups is 1. The monoisotopic (exact) mass is 548 g/mol. The molecule has 9 heteroatoms. The van der Waals surface area contributed by atoms with Crippen LogP contribution >= 0.6 is 46.9 Å². The van der Waals surface area contributed by atoms with Gasteiger partial charge in [0.25, 0.3) is 0 Å². The molecule has 0 bridgehead atoms. The van der Waals surface area contributed by atoms with Crippen LogP contribution in [0.1, 0.15) is 29.0 Å². The van der Waals surface area contributed by atoms with Crippen molar-refractivity contribution in [2.24, 2.45) is 4.99 Å². The summed E-state index contributed by atoms with van der Waals surface area (Å²) in [5, 5.41) is 16.4. The Morgan fingerprint density at radius 2 is 2.03 bits per heavy atom. The predicted molar refractivity (Wildman–Crippen MR) is 129 cm³/mol. The van der Waals surface area contributed by atoms with E-state index in [-0.39, 0.29) is 43.0 Å². The van der Waals surface area contributed by atoms with Crippen molar-refractivity contribution in [3.8, 4) is 0 Å². The first kappa shape index (κ1) is 23.9. The largest absolute Gasteiger partial charge is 0.386 e. The average molecular weight is 549 g/mol. The van der Waals surface area contributed by atoms with Gasteiger partial charge < -0.3 is 20.6 Å². The van der Waals surface area contributed by atoms with Gasteiger partial charge in [-0.1, -0.05) is 35.9 Å². The second-order valence-corrected chi connectivity index (χ2v) is 8.31. The van der Waals surface area contributed by atoms with Gasteiger partial charge in [-0.3, -0.25) is 4.79 Å². The van der Waals surface area contributed by atoms with Crippen molar-refractivity contribution in [1.29, 1.82) is 0 Å². The molecule has 158 valence electrons. The van der Waals surface area contributed by atoms with Gasteiger partial charge in [0.05, 0.1) is 4.34 Å². The van der Waals surface area contributed by atoms with Crippen LogP contribution in [0.5, 0.6) is 0 Å². The van der Waals surface area contributed by atoms with Crippen LogP contribution in [0.2, 0.25) is 4.34 Å². The molecular formula is C20H26ClIN4O2S. The second kappa shape index (κ2) is 11.7. The maximum absolute atomic E-state index is 12.6. The minimum absolute atomic E-state index is 0. The lowest BCUT2D eigenvalue weighted by atomic mass is 10.00. The van der Waals surface area contributed by atoms with E-state index in [4.69, 9.17) is 11.6 Å². The van der Waals surface area contributed by atoms with E-state index in [1.54, 1.807) is 12.1 Å². The molecule has 2 aromatic rings. The van der Waals surface area contributed by atoms with Gasteiger partial charge in [-0.15, -0.1) is 35.3 Å². The Balaban J connectivity index is 0.00000300. The number of hydrogen-bond donors (Lipinski definition) is 3. The van der Waals surface area contributed by atoms with Crippen LogP contribution < -0.4 is 10.6 Å². The number of rotatable bonds is 6. The predicted octanol–water partition coefficient (Wildman–Crippen LogP) is 3.19. The number of aliphatic imine (C=N–C) groups is 1. The highest BCUT2D eigenvalue weighted by atomic mass is 127. The fourth-order valence-corrected chi connectivity index (χ4v) is 4.15. The molecule has 1 aliphatic rings. The molecule has 1 atom stereocenters. The van der Waals surface area contributed by atoms with Crippen molar-refractivity contribution in [3.63, 3.8) is 0 Å². The first-order valence-corrected chi connectivity index (χ1v) is 10.6. The molecular weight excluding hydrogens is 523 g/mol. The first-order valence-electron chi connectivity index (χ1n) is 9.37. The molecule has 1 amide bonds. The molecule has 0 saturated carbocycles. The zero-order chi connectivity index (χ0) is 19.9. The van der Waals surface area contributed by atoms with Gasteiger partial charge in [0, 0.05) is 31.1 Å². The number of benzene rings is 1. The Labute approximate surface area is 197 Å². The Morgan fingerprint density at radius 3 is 2.72 bits per heavy atom. The van der Waals surface area contributed by atoms with Crippen molar-refractivity contribution in [2.45, 2.75) is 26.0 Å². The highest BCUT2D eigenvalue weighted by Gasteiger charge is 2.20. The summed E-state index contributed by atoms with van der Waals surface area (Å²) >= 11 is 7.26. The number of carbonyl (C=O) groups is 1. The summed E-state index contributed by atoms with van der Waals surface area (Å²) in [6.07, 6.45) is 0.190. The van der Waals surface area contributed by atoms with Gasteiger partial charge in [0.1, 0.15) is 12.6 Å². The third-order valence-electron chi connectivity index (χ3n) is 4.59. The van der Waals surface area contributed by atoms with Crippen molar-refractivity contribution < 1.29 is 9.90 Å². The average Bonchev–Trinajstić information content (AvgIpc) is 3.15. The molecule has 2 heterocycles. The fraction of sp³-hybridized carbons (Fsp3) is 0.400. The SMILES string of the molecule is CCNC(=NCC(=O)N1CCc2ccccc2C1)NCC(O)c1ccc(Cl)s1.I. The van der Waals surface area contributed by atoms with E-state index >= 15 is 0 Å². The van der Waals surface area contributed by atoms with Crippen LogP contribution in [0.3, 0.4) is 0 Å². The fourth-order valence-electron chi connectivity index (χ4n) is 3.10. The lowest BCUT2D eigenvalue weighted by molar-refractivity contribution is -0.130. The molecule has 0 saturated heterocycles. The van der Waals surface area contributed by atoms with Crippen LogP contribution in [0, 0.1) is 0 Å². The molecule has 1 aromatic carbocycles. The molecule has 0 fully saturated rings. The number of fused-ring (bicyclic) bond motifs is 1. The maximum Gasteiger partial charge on any atom is 0.244 e. The summed E-state index contributed by atoms with van der Waals surface area (Å²) in [6.45, 7) is 4.32. The molecule has 1 aliphatic heterocycles. The minimum atomic E-state index is -0.685. The van der Waals surface area contributed by atoms with E-state index in [9.17, 15) is 9.90 Å². The van der Waals surface area contributed by atoms with Crippen LogP contribution in [0.15, 0.2) is 41.4 Å². The molecule has 3 rings (SSSR count). The van der Waals surface area contributed by atoms with Crippen LogP contribution in [-0.2, 0) is 17.8 Å². The van der Waals surface area contributed by atoms with E-state index in [0.717, 1.165) is 11.3 Å². The number of halogens is 2. The smallest absolute Gasteiger partial charge is 0.244 e. The topological polar surface area (TPSA) is 77.0 Å². The summed E-state index contributed by atoms with van der Waals surface area (Å²) in [6, 6.07) is 11.8. The minimum Gasteiger partial charge on any atom is -0.386 e. The highest BCUT2D eigenvalue weighted by Crippen LogP contribution is 2.26. The standard InChI is InChI=1S/C20H25ClN4O2S.HI/c1-2-22-20(23-11-16(26)17-7-8-18(21)28-17)24-12-19(27)25-10-9-14-5-3-4-6-15(14)13-25;/h3-8,16,26H,2,9-13H2,1H3,(H2,22,23,24);1H. The summed E-state index contributed by atoms with van der Waals surface area (Å²) < 4.78 is 0.642. The first-order chi connectivity index (χ1) is 13.6. The zero-order valence-electron chi connectivity index (χ0n) is 16.2. The van der Waals surface area contributed by atoms with E-state index in [1.165, 1.54) is 22.5 Å².